The summed E-state index contributed by atoms with van der Waals surface area (Å²) in [6.45, 7) is 14.2. The van der Waals surface area contributed by atoms with E-state index in [4.69, 9.17) is 14.2 Å². The minimum Gasteiger partial charge on any atom is -0.380 e. The van der Waals surface area contributed by atoms with Crippen LogP contribution in [0.25, 0.3) is 0 Å². The fourth-order valence-corrected chi connectivity index (χ4v) is 4.09. The Labute approximate surface area is 157 Å². The van der Waals surface area contributed by atoms with E-state index in [1.54, 1.807) is 0 Å². The lowest BCUT2D eigenvalue weighted by Crippen LogP contribution is -2.45. The molecule has 0 aliphatic carbocycles. The highest BCUT2D eigenvalue weighted by Gasteiger charge is 2.40. The molecular formula is C22H44O3. The Morgan fingerprint density at radius 3 is 1.96 bits per heavy atom. The Balaban J connectivity index is 2.58. The molecule has 1 rings (SSSR count). The first-order valence-corrected chi connectivity index (χ1v) is 10.9. The van der Waals surface area contributed by atoms with Gasteiger partial charge in [0.05, 0.1) is 13.2 Å². The third kappa shape index (κ3) is 7.56. The van der Waals surface area contributed by atoms with Crippen molar-refractivity contribution in [2.75, 3.05) is 26.4 Å². The molecule has 0 aromatic carbocycles. The van der Waals surface area contributed by atoms with Crippen molar-refractivity contribution < 1.29 is 14.2 Å². The van der Waals surface area contributed by atoms with Crippen LogP contribution in [0.3, 0.4) is 0 Å². The molecule has 0 N–H and O–H groups in total. The van der Waals surface area contributed by atoms with Gasteiger partial charge in [0.15, 0.2) is 5.79 Å². The largest absolute Gasteiger partial charge is 0.380 e. The Kier molecular flexibility index (Phi) is 11.3. The molecule has 0 spiro atoms. The van der Waals surface area contributed by atoms with Crippen molar-refractivity contribution in [1.82, 2.24) is 0 Å². The van der Waals surface area contributed by atoms with Gasteiger partial charge < -0.3 is 14.2 Å². The topological polar surface area (TPSA) is 27.7 Å². The van der Waals surface area contributed by atoms with Crippen molar-refractivity contribution in [3.63, 3.8) is 0 Å². The first-order valence-electron chi connectivity index (χ1n) is 10.9. The first kappa shape index (κ1) is 22.9. The number of ether oxygens (including phenoxy) is 3. The van der Waals surface area contributed by atoms with E-state index in [0.29, 0.717) is 24.5 Å². The monoisotopic (exact) mass is 356 g/mol. The molecular weight excluding hydrogens is 312 g/mol. The second kappa shape index (κ2) is 12.3. The van der Waals surface area contributed by atoms with Crippen LogP contribution in [0.2, 0.25) is 0 Å². The van der Waals surface area contributed by atoms with Crippen LogP contribution in [0.5, 0.6) is 0 Å². The molecule has 3 heteroatoms. The van der Waals surface area contributed by atoms with E-state index < -0.39 is 5.79 Å². The fourth-order valence-electron chi connectivity index (χ4n) is 4.09. The van der Waals surface area contributed by atoms with Crippen molar-refractivity contribution in [2.24, 2.45) is 11.3 Å². The molecule has 25 heavy (non-hydrogen) atoms. The van der Waals surface area contributed by atoms with E-state index in [0.717, 1.165) is 13.2 Å². The average molecular weight is 357 g/mol. The van der Waals surface area contributed by atoms with Gasteiger partial charge in [-0.05, 0) is 46.5 Å². The van der Waals surface area contributed by atoms with Gasteiger partial charge in [0.2, 0.25) is 0 Å². The van der Waals surface area contributed by atoms with Crippen LogP contribution in [0, 0.1) is 11.3 Å². The van der Waals surface area contributed by atoms with E-state index in [1.165, 1.54) is 64.2 Å². The molecule has 1 unspecified atom stereocenters. The summed E-state index contributed by atoms with van der Waals surface area (Å²) in [6.07, 6.45) is 12.9. The van der Waals surface area contributed by atoms with Crippen LogP contribution in [-0.4, -0.2) is 32.2 Å². The summed E-state index contributed by atoms with van der Waals surface area (Å²) >= 11 is 0. The third-order valence-electron chi connectivity index (χ3n) is 6.10. The fraction of sp³-hybridized carbons (Fsp3) is 1.00. The molecule has 1 heterocycles. The van der Waals surface area contributed by atoms with E-state index in [9.17, 15) is 0 Å². The Hall–Kier alpha value is -0.120. The Bertz CT molecular complexity index is 314. The van der Waals surface area contributed by atoms with Crippen molar-refractivity contribution in [1.29, 1.82) is 0 Å². The molecule has 3 nitrogen and oxygen atoms in total. The van der Waals surface area contributed by atoms with E-state index in [2.05, 4.69) is 34.6 Å². The van der Waals surface area contributed by atoms with Gasteiger partial charge in [-0.25, -0.2) is 0 Å². The van der Waals surface area contributed by atoms with E-state index in [1.807, 2.05) is 0 Å². The second-order valence-electron chi connectivity index (χ2n) is 8.02. The minimum absolute atomic E-state index is 0.415. The molecule has 0 amide bonds. The summed E-state index contributed by atoms with van der Waals surface area (Å²) in [5.41, 5.74) is 0.415. The highest BCUT2D eigenvalue weighted by atomic mass is 16.7. The number of hydrogen-bond donors (Lipinski definition) is 0. The number of unbranched alkanes of at least 4 members (excludes halogenated alkanes) is 5. The Morgan fingerprint density at radius 2 is 1.48 bits per heavy atom. The second-order valence-corrected chi connectivity index (χ2v) is 8.02. The van der Waals surface area contributed by atoms with Crippen molar-refractivity contribution in [3.8, 4) is 0 Å². The van der Waals surface area contributed by atoms with Gasteiger partial charge in [-0.15, -0.1) is 0 Å². The maximum Gasteiger partial charge on any atom is 0.168 e. The molecule has 1 aliphatic rings. The van der Waals surface area contributed by atoms with Crippen molar-refractivity contribution in [3.05, 3.63) is 0 Å². The zero-order valence-corrected chi connectivity index (χ0v) is 17.7. The molecule has 0 bridgehead atoms. The average Bonchev–Trinajstić information content (AvgIpc) is 2.55. The molecule has 0 aromatic heterocycles. The maximum atomic E-state index is 6.12. The summed E-state index contributed by atoms with van der Waals surface area (Å²) in [5, 5.41) is 0. The smallest absolute Gasteiger partial charge is 0.168 e. The molecule has 0 radical (unpaired) electrons. The van der Waals surface area contributed by atoms with Crippen molar-refractivity contribution >= 4 is 0 Å². The molecule has 1 saturated heterocycles. The zero-order valence-electron chi connectivity index (χ0n) is 17.7. The lowest BCUT2D eigenvalue weighted by atomic mass is 9.75. The highest BCUT2D eigenvalue weighted by molar-refractivity contribution is 4.87. The minimum atomic E-state index is -0.438. The molecule has 0 saturated carbocycles. The quantitative estimate of drug-likeness (QED) is 0.238. The van der Waals surface area contributed by atoms with Crippen LogP contribution in [-0.2, 0) is 14.2 Å². The highest BCUT2D eigenvalue weighted by Crippen LogP contribution is 2.41. The van der Waals surface area contributed by atoms with Gasteiger partial charge in [-0.1, -0.05) is 52.4 Å². The van der Waals surface area contributed by atoms with Crippen LogP contribution in [0.1, 0.15) is 98.8 Å². The first-order chi connectivity index (χ1) is 12.1. The molecule has 1 fully saturated rings. The molecule has 1 aliphatic heterocycles. The van der Waals surface area contributed by atoms with Gasteiger partial charge in [0, 0.05) is 24.5 Å². The van der Waals surface area contributed by atoms with Crippen LogP contribution < -0.4 is 0 Å². The predicted molar refractivity (Wildman–Crippen MR) is 106 cm³/mol. The van der Waals surface area contributed by atoms with Crippen LogP contribution >= 0.6 is 0 Å². The number of hydrogen-bond acceptors (Lipinski definition) is 3. The third-order valence-corrected chi connectivity index (χ3v) is 6.10. The SMILES string of the molecule is CCCCCCCCC(CCC1(CC)COC1)C(C)(OCC)OCC. The normalized spacial score (nSPS) is 18.1. The summed E-state index contributed by atoms with van der Waals surface area (Å²) in [7, 11) is 0. The van der Waals surface area contributed by atoms with Crippen molar-refractivity contribution in [2.45, 2.75) is 105 Å². The van der Waals surface area contributed by atoms with Gasteiger partial charge in [0.25, 0.3) is 0 Å². The molecule has 1 atom stereocenters. The summed E-state index contributed by atoms with van der Waals surface area (Å²) in [5.74, 6) is 0.0366. The Morgan fingerprint density at radius 1 is 0.880 bits per heavy atom. The van der Waals surface area contributed by atoms with Gasteiger partial charge in [-0.2, -0.15) is 0 Å². The zero-order chi connectivity index (χ0) is 18.6. The summed E-state index contributed by atoms with van der Waals surface area (Å²) < 4.78 is 17.8. The number of rotatable bonds is 16. The van der Waals surface area contributed by atoms with Gasteiger partial charge >= 0.3 is 0 Å². The van der Waals surface area contributed by atoms with Gasteiger partial charge in [-0.3, -0.25) is 0 Å². The van der Waals surface area contributed by atoms with Crippen LogP contribution in [0.4, 0.5) is 0 Å². The predicted octanol–water partition coefficient (Wildman–Crippen LogP) is 6.35. The van der Waals surface area contributed by atoms with E-state index in [-0.39, 0.29) is 0 Å². The molecule has 0 aromatic rings. The van der Waals surface area contributed by atoms with E-state index >= 15 is 0 Å². The lowest BCUT2D eigenvalue weighted by Gasteiger charge is -2.44. The summed E-state index contributed by atoms with van der Waals surface area (Å²) in [6, 6.07) is 0. The maximum absolute atomic E-state index is 6.12. The standard InChI is InChI=1S/C22H44O3/c1-6-10-11-12-13-14-15-20(21(5,24-8-3)25-9-4)16-17-22(7-2)18-23-19-22/h20H,6-19H2,1-5H3. The van der Waals surface area contributed by atoms with Crippen LogP contribution in [0.15, 0.2) is 0 Å². The summed E-state index contributed by atoms with van der Waals surface area (Å²) in [4.78, 5) is 0. The van der Waals surface area contributed by atoms with Gasteiger partial charge in [0.1, 0.15) is 0 Å². The molecule has 150 valence electrons. The lowest BCUT2D eigenvalue weighted by molar-refractivity contribution is -0.256.